The van der Waals surface area contributed by atoms with Gasteiger partial charge in [-0.05, 0) is 47.9 Å². The molecule has 3 rings (SSSR count). The highest BCUT2D eigenvalue weighted by Crippen LogP contribution is 2.37. The smallest absolute Gasteiger partial charge is 0.348 e. The third-order valence-corrected chi connectivity index (χ3v) is 5.92. The van der Waals surface area contributed by atoms with E-state index in [9.17, 15) is 24.6 Å². The number of methoxy groups -OCH3 is 1. The molecule has 0 saturated heterocycles. The minimum atomic E-state index is -1.19. The van der Waals surface area contributed by atoms with Crippen LogP contribution in [-0.4, -0.2) is 41.3 Å². The molecule has 0 aliphatic rings. The number of thiophene rings is 1. The van der Waals surface area contributed by atoms with Crippen LogP contribution in [0.25, 0.3) is 10.4 Å². The van der Waals surface area contributed by atoms with Crippen LogP contribution in [0, 0.1) is 6.92 Å². The van der Waals surface area contributed by atoms with Crippen molar-refractivity contribution in [1.82, 2.24) is 5.32 Å². The maximum absolute atomic E-state index is 12.5. The highest BCUT2D eigenvalue weighted by Gasteiger charge is 2.23. The molecule has 0 aliphatic heterocycles. The zero-order valence-corrected chi connectivity index (χ0v) is 18.2. The minimum absolute atomic E-state index is 0.0553. The zero-order valence-electron chi connectivity index (χ0n) is 17.4. The maximum Gasteiger partial charge on any atom is 0.348 e. The van der Waals surface area contributed by atoms with Gasteiger partial charge in [-0.3, -0.25) is 0 Å². The number of carboxylic acids is 2. The SMILES string of the molecule is COc1ccc(-c2cc(NC(=O)N[C@@H](Cc3ccccc3)C(=O)O)c(C(=O)O)s2)c(C)c1. The van der Waals surface area contributed by atoms with Crippen LogP contribution in [-0.2, 0) is 11.2 Å². The van der Waals surface area contributed by atoms with Crippen LogP contribution in [0.1, 0.15) is 20.8 Å². The average Bonchev–Trinajstić information content (AvgIpc) is 3.17. The second kappa shape index (κ2) is 9.97. The van der Waals surface area contributed by atoms with E-state index >= 15 is 0 Å². The summed E-state index contributed by atoms with van der Waals surface area (Å²) in [6.45, 7) is 1.87. The van der Waals surface area contributed by atoms with Crippen molar-refractivity contribution >= 4 is 35.0 Å². The summed E-state index contributed by atoms with van der Waals surface area (Å²) >= 11 is 1.02. The van der Waals surface area contributed by atoms with E-state index < -0.39 is 24.0 Å². The highest BCUT2D eigenvalue weighted by atomic mass is 32.1. The van der Waals surface area contributed by atoms with Gasteiger partial charge >= 0.3 is 18.0 Å². The number of benzene rings is 2. The largest absolute Gasteiger partial charge is 0.497 e. The molecular formula is C23H22N2O6S. The van der Waals surface area contributed by atoms with Gasteiger partial charge < -0.3 is 25.6 Å². The lowest BCUT2D eigenvalue weighted by molar-refractivity contribution is -0.139. The van der Waals surface area contributed by atoms with Crippen LogP contribution in [0.3, 0.4) is 0 Å². The van der Waals surface area contributed by atoms with Gasteiger partial charge in [0.25, 0.3) is 0 Å². The molecule has 1 atom stereocenters. The summed E-state index contributed by atoms with van der Waals surface area (Å²) in [5.74, 6) is -1.71. The molecule has 0 fully saturated rings. The van der Waals surface area contributed by atoms with Gasteiger partial charge in [-0.15, -0.1) is 11.3 Å². The molecule has 0 bridgehead atoms. The standard InChI is InChI=1S/C23H22N2O6S/c1-13-10-15(31-2)8-9-16(13)19-12-17(20(32-19)22(28)29)24-23(30)25-18(21(26)27)11-14-6-4-3-5-7-14/h3-10,12,18H,11H2,1-2H3,(H,26,27)(H,28,29)(H2,24,25,30)/t18-/m0/s1. The van der Waals surface area contributed by atoms with E-state index in [4.69, 9.17) is 4.74 Å². The molecule has 3 aromatic rings. The van der Waals surface area contributed by atoms with E-state index in [-0.39, 0.29) is 17.0 Å². The molecule has 166 valence electrons. The van der Waals surface area contributed by atoms with Crippen molar-refractivity contribution in [2.24, 2.45) is 0 Å². The lowest BCUT2D eigenvalue weighted by Gasteiger charge is -2.15. The quantitative estimate of drug-likeness (QED) is 0.403. The van der Waals surface area contributed by atoms with Crippen LogP contribution >= 0.6 is 11.3 Å². The molecular weight excluding hydrogens is 432 g/mol. The molecule has 0 spiro atoms. The Balaban J connectivity index is 1.80. The Kier molecular flexibility index (Phi) is 7.11. The van der Waals surface area contributed by atoms with Gasteiger partial charge in [0.05, 0.1) is 12.8 Å². The number of amides is 2. The first-order valence-corrected chi connectivity index (χ1v) is 10.5. The van der Waals surface area contributed by atoms with Gasteiger partial charge in [-0.2, -0.15) is 0 Å². The van der Waals surface area contributed by atoms with E-state index in [1.54, 1.807) is 43.5 Å². The second-order valence-corrected chi connectivity index (χ2v) is 8.07. The number of hydrogen-bond donors (Lipinski definition) is 4. The number of aliphatic carboxylic acids is 1. The molecule has 1 heterocycles. The first kappa shape index (κ1) is 22.8. The number of aromatic carboxylic acids is 1. The fourth-order valence-corrected chi connectivity index (χ4v) is 4.22. The molecule has 2 amide bonds. The van der Waals surface area contributed by atoms with Crippen molar-refractivity contribution in [3.8, 4) is 16.2 Å². The van der Waals surface area contributed by atoms with E-state index in [1.165, 1.54) is 0 Å². The van der Waals surface area contributed by atoms with Crippen molar-refractivity contribution in [3.05, 3.63) is 70.6 Å². The summed E-state index contributed by atoms with van der Waals surface area (Å²) in [6.07, 6.45) is 0.0926. The first-order chi connectivity index (χ1) is 15.3. The molecule has 32 heavy (non-hydrogen) atoms. The van der Waals surface area contributed by atoms with E-state index in [0.717, 1.165) is 28.0 Å². The molecule has 0 aliphatic carbocycles. The van der Waals surface area contributed by atoms with Gasteiger partial charge in [0.2, 0.25) is 0 Å². The van der Waals surface area contributed by atoms with Crippen molar-refractivity contribution in [1.29, 1.82) is 0 Å². The number of urea groups is 1. The van der Waals surface area contributed by atoms with Crippen LogP contribution in [0.15, 0.2) is 54.6 Å². The number of carbonyl (C=O) groups is 3. The fourth-order valence-electron chi connectivity index (χ4n) is 3.18. The second-order valence-electron chi connectivity index (χ2n) is 7.02. The summed E-state index contributed by atoms with van der Waals surface area (Å²) in [4.78, 5) is 36.4. The Morgan fingerprint density at radius 2 is 1.78 bits per heavy atom. The Hall–Kier alpha value is -3.85. The normalized spacial score (nSPS) is 11.4. The van der Waals surface area contributed by atoms with E-state index in [2.05, 4.69) is 10.6 Å². The minimum Gasteiger partial charge on any atom is -0.497 e. The summed E-state index contributed by atoms with van der Waals surface area (Å²) in [5, 5.41) is 23.9. The van der Waals surface area contributed by atoms with Crippen LogP contribution in [0.5, 0.6) is 5.75 Å². The van der Waals surface area contributed by atoms with Gasteiger partial charge in [-0.25, -0.2) is 14.4 Å². The molecule has 1 aromatic heterocycles. The molecule has 0 radical (unpaired) electrons. The molecule has 8 nitrogen and oxygen atoms in total. The molecule has 0 saturated carbocycles. The van der Waals surface area contributed by atoms with Crippen molar-refractivity contribution in [3.63, 3.8) is 0 Å². The third kappa shape index (κ3) is 5.44. The number of rotatable bonds is 8. The summed E-state index contributed by atoms with van der Waals surface area (Å²) in [6, 6.07) is 13.9. The predicted molar refractivity (Wildman–Crippen MR) is 122 cm³/mol. The summed E-state index contributed by atoms with van der Waals surface area (Å²) < 4.78 is 5.20. The monoisotopic (exact) mass is 454 g/mol. The van der Waals surface area contributed by atoms with E-state index in [1.807, 2.05) is 25.1 Å². The Bertz CT molecular complexity index is 1140. The summed E-state index contributed by atoms with van der Waals surface area (Å²) in [5.41, 5.74) is 2.53. The predicted octanol–water partition coefficient (Wildman–Crippen LogP) is 4.25. The lowest BCUT2D eigenvalue weighted by atomic mass is 10.1. The van der Waals surface area contributed by atoms with Gasteiger partial charge in [0.1, 0.15) is 16.7 Å². The topological polar surface area (TPSA) is 125 Å². The van der Waals surface area contributed by atoms with Crippen molar-refractivity contribution in [2.45, 2.75) is 19.4 Å². The van der Waals surface area contributed by atoms with Crippen LogP contribution in [0.2, 0.25) is 0 Å². The number of carbonyl (C=O) groups excluding carboxylic acids is 1. The number of carboxylic acid groups (broad SMARTS) is 2. The van der Waals surface area contributed by atoms with Crippen molar-refractivity contribution in [2.75, 3.05) is 12.4 Å². The van der Waals surface area contributed by atoms with Gasteiger partial charge in [0, 0.05) is 11.3 Å². The molecule has 2 aromatic carbocycles. The Labute approximate surface area is 188 Å². The molecule has 0 unspecified atom stereocenters. The number of nitrogens with one attached hydrogen (secondary N) is 2. The zero-order chi connectivity index (χ0) is 23.3. The summed E-state index contributed by atoms with van der Waals surface area (Å²) in [7, 11) is 1.56. The Morgan fingerprint density at radius 1 is 1.06 bits per heavy atom. The number of anilines is 1. The lowest BCUT2D eigenvalue weighted by Crippen LogP contribution is -2.44. The number of ether oxygens (including phenoxy) is 1. The molecule has 9 heteroatoms. The van der Waals surface area contributed by atoms with Crippen LogP contribution < -0.4 is 15.4 Å². The van der Waals surface area contributed by atoms with Crippen molar-refractivity contribution < 1.29 is 29.3 Å². The number of hydrogen-bond acceptors (Lipinski definition) is 5. The Morgan fingerprint density at radius 3 is 2.38 bits per heavy atom. The maximum atomic E-state index is 12.5. The first-order valence-electron chi connectivity index (χ1n) is 9.65. The fraction of sp³-hybridized carbons (Fsp3) is 0.174. The average molecular weight is 455 g/mol. The number of aryl methyl sites for hydroxylation is 1. The van der Waals surface area contributed by atoms with Gasteiger partial charge in [0.15, 0.2) is 0 Å². The van der Waals surface area contributed by atoms with Crippen LogP contribution in [0.4, 0.5) is 10.5 Å². The molecule has 4 N–H and O–H groups in total. The van der Waals surface area contributed by atoms with E-state index in [0.29, 0.717) is 10.6 Å². The third-order valence-electron chi connectivity index (χ3n) is 4.76. The van der Waals surface area contributed by atoms with Gasteiger partial charge in [-0.1, -0.05) is 30.3 Å². The highest BCUT2D eigenvalue weighted by molar-refractivity contribution is 7.18.